The van der Waals surface area contributed by atoms with Gasteiger partial charge in [-0.25, -0.2) is 0 Å². The molecule has 1 heterocycles. The molecule has 0 unspecified atom stereocenters. The Labute approximate surface area is 67.9 Å². The number of rotatable bonds is 1. The Morgan fingerprint density at radius 2 is 1.82 bits per heavy atom. The van der Waals surface area contributed by atoms with Gasteiger partial charge in [-0.15, -0.1) is 9.60 Å². The molecule has 0 radical (unpaired) electrons. The molecule has 0 saturated carbocycles. The predicted octanol–water partition coefficient (Wildman–Crippen LogP) is 1.29. The number of hydrogen-bond acceptors (Lipinski definition) is 2. The van der Waals surface area contributed by atoms with Crippen molar-refractivity contribution in [2.24, 2.45) is 0 Å². The van der Waals surface area contributed by atoms with E-state index in [1.165, 1.54) is 0 Å². The number of halogens is 1. The van der Waals surface area contributed by atoms with Gasteiger partial charge in [0, 0.05) is 25.7 Å². The molecule has 1 aliphatic rings. The van der Waals surface area contributed by atoms with Crippen LogP contribution >= 0.6 is 0 Å². The molecule has 0 spiro atoms. The van der Waals surface area contributed by atoms with Crippen LogP contribution < -0.4 is 0 Å². The van der Waals surface area contributed by atoms with Crippen molar-refractivity contribution in [2.75, 3.05) is 26.2 Å². The van der Waals surface area contributed by atoms with Crippen molar-refractivity contribution in [3.05, 3.63) is 0 Å². The van der Waals surface area contributed by atoms with Gasteiger partial charge in [-0.3, -0.25) is 4.90 Å². The van der Waals surface area contributed by atoms with Gasteiger partial charge in [0.15, 0.2) is 0 Å². The normalized spacial score (nSPS) is 24.0. The third-order valence-electron chi connectivity index (χ3n) is 2.21. The zero-order chi connectivity index (χ0) is 8.27. The topological polar surface area (TPSA) is 6.48 Å². The summed E-state index contributed by atoms with van der Waals surface area (Å²) < 4.78 is 12.7. The summed E-state index contributed by atoms with van der Waals surface area (Å²) in [5.74, 6) is 0. The molecular formula is C8H17FN2. The quantitative estimate of drug-likeness (QED) is 0.533. The molecule has 2 nitrogen and oxygen atoms in total. The smallest absolute Gasteiger partial charge is 0.0418 e. The van der Waals surface area contributed by atoms with E-state index in [1.807, 2.05) is 0 Å². The maximum atomic E-state index is 12.7. The lowest BCUT2D eigenvalue weighted by Gasteiger charge is -2.23. The van der Waals surface area contributed by atoms with Crippen LogP contribution in [0.5, 0.6) is 0 Å². The van der Waals surface area contributed by atoms with Crippen molar-refractivity contribution in [3.8, 4) is 0 Å². The van der Waals surface area contributed by atoms with E-state index >= 15 is 0 Å². The summed E-state index contributed by atoms with van der Waals surface area (Å²) in [4.78, 5) is 2.32. The summed E-state index contributed by atoms with van der Waals surface area (Å²) in [7, 11) is 0. The van der Waals surface area contributed by atoms with Gasteiger partial charge in [0.1, 0.15) is 0 Å². The molecule has 11 heavy (non-hydrogen) atoms. The summed E-state index contributed by atoms with van der Waals surface area (Å²) in [6.45, 7) is 7.40. The minimum Gasteiger partial charge on any atom is -0.300 e. The molecule has 1 fully saturated rings. The van der Waals surface area contributed by atoms with Gasteiger partial charge in [-0.2, -0.15) is 0 Å². The molecule has 1 saturated heterocycles. The van der Waals surface area contributed by atoms with Gasteiger partial charge in [-0.1, -0.05) is 0 Å². The molecule has 1 rings (SSSR count). The summed E-state index contributed by atoms with van der Waals surface area (Å²) in [5, 5.41) is 0.919. The van der Waals surface area contributed by atoms with Gasteiger partial charge in [0.05, 0.1) is 0 Å². The van der Waals surface area contributed by atoms with Crippen molar-refractivity contribution in [3.63, 3.8) is 0 Å². The zero-order valence-corrected chi connectivity index (χ0v) is 7.39. The first-order chi connectivity index (χ1) is 5.20. The minimum atomic E-state index is 0.557. The molecule has 1 aliphatic heterocycles. The van der Waals surface area contributed by atoms with E-state index in [0.717, 1.165) is 24.6 Å². The van der Waals surface area contributed by atoms with E-state index in [9.17, 15) is 4.48 Å². The molecular weight excluding hydrogens is 143 g/mol. The number of hydrogen-bond donors (Lipinski definition) is 0. The Morgan fingerprint density at radius 1 is 1.09 bits per heavy atom. The fraction of sp³-hybridized carbons (Fsp3) is 1.00. The van der Waals surface area contributed by atoms with Crippen molar-refractivity contribution >= 4 is 0 Å². The van der Waals surface area contributed by atoms with Crippen LogP contribution in [0.2, 0.25) is 0 Å². The molecule has 0 bridgehead atoms. The largest absolute Gasteiger partial charge is 0.300 e. The van der Waals surface area contributed by atoms with E-state index in [0.29, 0.717) is 19.1 Å². The second-order valence-corrected chi connectivity index (χ2v) is 3.39. The number of nitrogens with zero attached hydrogens (tertiary/aromatic N) is 2. The summed E-state index contributed by atoms with van der Waals surface area (Å²) >= 11 is 0. The monoisotopic (exact) mass is 160 g/mol. The van der Waals surface area contributed by atoms with Gasteiger partial charge in [0.2, 0.25) is 0 Å². The Kier molecular flexibility index (Phi) is 3.27. The van der Waals surface area contributed by atoms with Gasteiger partial charge >= 0.3 is 0 Å². The van der Waals surface area contributed by atoms with Crippen molar-refractivity contribution in [1.82, 2.24) is 10.0 Å². The second kappa shape index (κ2) is 4.02. The van der Waals surface area contributed by atoms with Gasteiger partial charge in [-0.05, 0) is 26.8 Å². The van der Waals surface area contributed by atoms with E-state index in [1.54, 1.807) is 0 Å². The fourth-order valence-electron chi connectivity index (χ4n) is 1.42. The third-order valence-corrected chi connectivity index (χ3v) is 2.21. The molecule has 0 atom stereocenters. The van der Waals surface area contributed by atoms with Crippen LogP contribution in [0.4, 0.5) is 4.48 Å². The third kappa shape index (κ3) is 2.75. The molecule has 0 aromatic heterocycles. The van der Waals surface area contributed by atoms with E-state index in [4.69, 9.17) is 0 Å². The van der Waals surface area contributed by atoms with Crippen LogP contribution in [0.1, 0.15) is 20.3 Å². The lowest BCUT2D eigenvalue weighted by Crippen LogP contribution is -2.33. The van der Waals surface area contributed by atoms with Crippen LogP contribution in [0.3, 0.4) is 0 Å². The molecule has 0 aromatic carbocycles. The Balaban J connectivity index is 2.34. The highest BCUT2D eigenvalue weighted by Gasteiger charge is 2.15. The standard InChI is InChI=1S/C8H17FN2/c1-8(2)10-4-3-5-11(9)7-6-10/h8H,3-7H2,1-2H3. The minimum absolute atomic E-state index is 0.557. The highest BCUT2D eigenvalue weighted by molar-refractivity contribution is 4.67. The maximum absolute atomic E-state index is 12.7. The van der Waals surface area contributed by atoms with E-state index in [2.05, 4.69) is 18.7 Å². The fourth-order valence-corrected chi connectivity index (χ4v) is 1.42. The first-order valence-corrected chi connectivity index (χ1v) is 4.35. The Hall–Kier alpha value is -0.150. The molecule has 0 aliphatic carbocycles. The summed E-state index contributed by atoms with van der Waals surface area (Å²) in [5.41, 5.74) is 0. The average molecular weight is 160 g/mol. The van der Waals surface area contributed by atoms with Crippen LogP contribution in [0, 0.1) is 0 Å². The van der Waals surface area contributed by atoms with Crippen LogP contribution in [0.25, 0.3) is 0 Å². The van der Waals surface area contributed by atoms with Gasteiger partial charge < -0.3 is 0 Å². The summed E-state index contributed by atoms with van der Waals surface area (Å²) in [6, 6.07) is 0.557. The average Bonchev–Trinajstić information content (AvgIpc) is 2.13. The molecule has 0 aromatic rings. The molecule has 3 heteroatoms. The maximum Gasteiger partial charge on any atom is 0.0418 e. The van der Waals surface area contributed by atoms with Crippen molar-refractivity contribution in [2.45, 2.75) is 26.3 Å². The zero-order valence-electron chi connectivity index (χ0n) is 7.39. The van der Waals surface area contributed by atoms with Crippen LogP contribution in [-0.4, -0.2) is 42.2 Å². The Bertz CT molecular complexity index is 117. The summed E-state index contributed by atoms with van der Waals surface area (Å²) in [6.07, 6.45) is 0.953. The van der Waals surface area contributed by atoms with Crippen LogP contribution in [-0.2, 0) is 0 Å². The highest BCUT2D eigenvalue weighted by atomic mass is 19.2. The first-order valence-electron chi connectivity index (χ1n) is 4.35. The Morgan fingerprint density at radius 3 is 2.45 bits per heavy atom. The molecule has 0 amide bonds. The van der Waals surface area contributed by atoms with E-state index in [-0.39, 0.29) is 0 Å². The lowest BCUT2D eigenvalue weighted by molar-refractivity contribution is 0.0297. The lowest BCUT2D eigenvalue weighted by atomic mass is 10.3. The second-order valence-electron chi connectivity index (χ2n) is 3.39. The molecule has 0 N–H and O–H groups in total. The molecule has 66 valence electrons. The van der Waals surface area contributed by atoms with E-state index < -0.39 is 0 Å². The van der Waals surface area contributed by atoms with Crippen LogP contribution in [0.15, 0.2) is 0 Å². The van der Waals surface area contributed by atoms with Crippen molar-refractivity contribution < 1.29 is 4.48 Å². The first kappa shape index (κ1) is 8.94. The van der Waals surface area contributed by atoms with Crippen molar-refractivity contribution in [1.29, 1.82) is 0 Å². The van der Waals surface area contributed by atoms with Gasteiger partial charge in [0.25, 0.3) is 0 Å². The predicted molar refractivity (Wildman–Crippen MR) is 44.0 cm³/mol. The highest BCUT2D eigenvalue weighted by Crippen LogP contribution is 2.06. The SMILES string of the molecule is CC(C)N1CCCN(F)CC1.